The zero-order valence-corrected chi connectivity index (χ0v) is 15.0. The summed E-state index contributed by atoms with van der Waals surface area (Å²) < 4.78 is 13.6. The molecule has 1 aromatic carbocycles. The van der Waals surface area contributed by atoms with Gasteiger partial charge in [0.2, 0.25) is 0 Å². The number of likely N-dealkylation sites (N-methyl/N-ethyl adjacent to an activating group) is 1. The number of hydrogen-bond acceptors (Lipinski definition) is 5. The van der Waals surface area contributed by atoms with Gasteiger partial charge in [0.15, 0.2) is 11.5 Å². The van der Waals surface area contributed by atoms with Crippen LogP contribution in [0.3, 0.4) is 0 Å². The summed E-state index contributed by atoms with van der Waals surface area (Å²) in [6.07, 6.45) is 0.436. The number of anilines is 1. The Hall–Kier alpha value is -2.54. The van der Waals surface area contributed by atoms with E-state index in [1.807, 2.05) is 6.07 Å². The van der Waals surface area contributed by atoms with E-state index in [1.54, 1.807) is 24.3 Å². The highest BCUT2D eigenvalue weighted by molar-refractivity contribution is 5.92. The number of aromatic nitrogens is 2. The first kappa shape index (κ1) is 18.3. The minimum absolute atomic E-state index is 0.255. The predicted molar refractivity (Wildman–Crippen MR) is 98.8 cm³/mol. The molecule has 0 bridgehead atoms. The maximum Gasteiger partial charge on any atom is 0.271 e. The number of amides is 1. The van der Waals surface area contributed by atoms with Gasteiger partial charge in [-0.15, -0.1) is 10.2 Å². The fourth-order valence-electron chi connectivity index (χ4n) is 3.01. The molecule has 3 rings (SSSR count). The van der Waals surface area contributed by atoms with Crippen LogP contribution in [0.2, 0.25) is 0 Å². The summed E-state index contributed by atoms with van der Waals surface area (Å²) in [5, 5.41) is 11.0. The number of carbonyl (C=O) groups is 1. The van der Waals surface area contributed by atoms with Crippen LogP contribution in [0.4, 0.5) is 10.2 Å². The number of hydrogen-bond donors (Lipinski definition) is 1. The van der Waals surface area contributed by atoms with Crippen LogP contribution < -0.4 is 10.2 Å². The van der Waals surface area contributed by atoms with E-state index < -0.39 is 0 Å². The zero-order chi connectivity index (χ0) is 18.4. The molecule has 1 N–H and O–H groups in total. The SMILES string of the molecule is CCN1CCN(c2ccc(C(=O)NCCc3ccccc3F)nn2)CC1. The Morgan fingerprint density at radius 1 is 1.12 bits per heavy atom. The lowest BCUT2D eigenvalue weighted by Crippen LogP contribution is -2.46. The van der Waals surface area contributed by atoms with Gasteiger partial charge in [-0.25, -0.2) is 4.39 Å². The first-order valence-corrected chi connectivity index (χ1v) is 9.00. The van der Waals surface area contributed by atoms with Gasteiger partial charge in [0, 0.05) is 32.7 Å². The molecule has 7 heteroatoms. The lowest BCUT2D eigenvalue weighted by atomic mass is 10.1. The maximum absolute atomic E-state index is 13.6. The van der Waals surface area contributed by atoms with Gasteiger partial charge in [0.05, 0.1) is 0 Å². The topological polar surface area (TPSA) is 61.4 Å². The van der Waals surface area contributed by atoms with E-state index in [4.69, 9.17) is 0 Å². The van der Waals surface area contributed by atoms with Crippen molar-refractivity contribution in [1.29, 1.82) is 0 Å². The summed E-state index contributed by atoms with van der Waals surface area (Å²) in [5.74, 6) is 0.244. The van der Waals surface area contributed by atoms with E-state index in [0.29, 0.717) is 18.5 Å². The van der Waals surface area contributed by atoms with Crippen molar-refractivity contribution in [3.63, 3.8) is 0 Å². The molecule has 26 heavy (non-hydrogen) atoms. The van der Waals surface area contributed by atoms with Crippen molar-refractivity contribution in [3.8, 4) is 0 Å². The number of rotatable bonds is 6. The summed E-state index contributed by atoms with van der Waals surface area (Å²) in [5.41, 5.74) is 0.856. The van der Waals surface area contributed by atoms with E-state index in [-0.39, 0.29) is 17.4 Å². The van der Waals surface area contributed by atoms with Crippen molar-refractivity contribution < 1.29 is 9.18 Å². The number of carbonyl (C=O) groups excluding carboxylic acids is 1. The van der Waals surface area contributed by atoms with Gasteiger partial charge in [0.1, 0.15) is 5.82 Å². The van der Waals surface area contributed by atoms with E-state index >= 15 is 0 Å². The van der Waals surface area contributed by atoms with Crippen LogP contribution in [0.5, 0.6) is 0 Å². The number of piperazine rings is 1. The molecular weight excluding hydrogens is 333 g/mol. The highest BCUT2D eigenvalue weighted by Gasteiger charge is 2.17. The Kier molecular flexibility index (Phi) is 6.12. The third kappa shape index (κ3) is 4.54. The average Bonchev–Trinajstić information content (AvgIpc) is 2.69. The van der Waals surface area contributed by atoms with Gasteiger partial charge >= 0.3 is 0 Å². The molecule has 138 valence electrons. The van der Waals surface area contributed by atoms with Crippen LogP contribution in [0.1, 0.15) is 23.0 Å². The van der Waals surface area contributed by atoms with E-state index in [0.717, 1.165) is 38.5 Å². The second-order valence-corrected chi connectivity index (χ2v) is 6.30. The Bertz CT molecular complexity index is 729. The second-order valence-electron chi connectivity index (χ2n) is 6.30. The highest BCUT2D eigenvalue weighted by atomic mass is 19.1. The van der Waals surface area contributed by atoms with Gasteiger partial charge in [-0.1, -0.05) is 25.1 Å². The normalized spacial score (nSPS) is 15.1. The van der Waals surface area contributed by atoms with Crippen LogP contribution in [0.15, 0.2) is 36.4 Å². The summed E-state index contributed by atoms with van der Waals surface area (Å²) in [7, 11) is 0. The summed E-state index contributed by atoms with van der Waals surface area (Å²) >= 11 is 0. The van der Waals surface area contributed by atoms with E-state index in [2.05, 4.69) is 32.2 Å². The van der Waals surface area contributed by atoms with Gasteiger partial charge in [0.25, 0.3) is 5.91 Å². The van der Waals surface area contributed by atoms with Gasteiger partial charge in [-0.3, -0.25) is 4.79 Å². The van der Waals surface area contributed by atoms with Crippen molar-refractivity contribution in [1.82, 2.24) is 20.4 Å². The molecule has 1 aromatic heterocycles. The summed E-state index contributed by atoms with van der Waals surface area (Å²) in [6.45, 7) is 7.42. The summed E-state index contributed by atoms with van der Waals surface area (Å²) in [6, 6.07) is 10.1. The van der Waals surface area contributed by atoms with Gasteiger partial charge in [-0.05, 0) is 36.7 Å². The largest absolute Gasteiger partial charge is 0.353 e. The third-order valence-corrected chi connectivity index (χ3v) is 4.66. The molecule has 0 spiro atoms. The standard InChI is InChI=1S/C19H24FN5O/c1-2-24-11-13-25(14-12-24)18-8-7-17(22-23-18)19(26)21-10-9-15-5-3-4-6-16(15)20/h3-8H,2,9-14H2,1H3,(H,21,26). The Morgan fingerprint density at radius 3 is 2.54 bits per heavy atom. The number of nitrogens with zero attached hydrogens (tertiary/aromatic N) is 4. The number of halogens is 1. The Balaban J connectivity index is 1.50. The molecule has 1 aliphatic heterocycles. The molecule has 2 aromatic rings. The molecule has 0 aliphatic carbocycles. The van der Waals surface area contributed by atoms with Crippen LogP contribution in [0, 0.1) is 5.82 Å². The minimum atomic E-state index is -0.295. The first-order chi connectivity index (χ1) is 12.7. The minimum Gasteiger partial charge on any atom is -0.353 e. The molecule has 0 unspecified atom stereocenters. The molecule has 2 heterocycles. The van der Waals surface area contributed by atoms with E-state index in [1.165, 1.54) is 6.07 Å². The Labute approximate surface area is 153 Å². The van der Waals surface area contributed by atoms with E-state index in [9.17, 15) is 9.18 Å². The fourth-order valence-corrected chi connectivity index (χ4v) is 3.01. The van der Waals surface area contributed by atoms with Gasteiger partial charge in [-0.2, -0.15) is 0 Å². The lowest BCUT2D eigenvalue weighted by molar-refractivity contribution is 0.0948. The lowest BCUT2D eigenvalue weighted by Gasteiger charge is -2.34. The summed E-state index contributed by atoms with van der Waals surface area (Å²) in [4.78, 5) is 16.7. The molecule has 0 saturated carbocycles. The monoisotopic (exact) mass is 357 g/mol. The van der Waals surface area contributed by atoms with Crippen molar-refractivity contribution in [2.24, 2.45) is 0 Å². The third-order valence-electron chi connectivity index (χ3n) is 4.66. The molecule has 0 radical (unpaired) electrons. The van der Waals surface area contributed by atoms with Crippen LogP contribution in [0.25, 0.3) is 0 Å². The molecule has 0 atom stereocenters. The zero-order valence-electron chi connectivity index (χ0n) is 15.0. The number of nitrogens with one attached hydrogen (secondary N) is 1. The van der Waals surface area contributed by atoms with Crippen LogP contribution in [-0.2, 0) is 6.42 Å². The van der Waals surface area contributed by atoms with Crippen molar-refractivity contribution in [2.45, 2.75) is 13.3 Å². The molecule has 1 fully saturated rings. The van der Waals surface area contributed by atoms with Gasteiger partial charge < -0.3 is 15.1 Å². The molecule has 6 nitrogen and oxygen atoms in total. The van der Waals surface area contributed by atoms with Crippen molar-refractivity contribution in [2.75, 3.05) is 44.2 Å². The maximum atomic E-state index is 13.6. The molecular formula is C19H24FN5O. The van der Waals surface area contributed by atoms with Crippen LogP contribution in [-0.4, -0.2) is 60.3 Å². The van der Waals surface area contributed by atoms with Crippen molar-refractivity contribution >= 4 is 11.7 Å². The second kappa shape index (κ2) is 8.71. The smallest absolute Gasteiger partial charge is 0.271 e. The van der Waals surface area contributed by atoms with Crippen LogP contribution >= 0.6 is 0 Å². The highest BCUT2D eigenvalue weighted by Crippen LogP contribution is 2.12. The first-order valence-electron chi connectivity index (χ1n) is 9.00. The predicted octanol–water partition coefficient (Wildman–Crippen LogP) is 1.73. The quantitative estimate of drug-likeness (QED) is 0.853. The fraction of sp³-hybridized carbons (Fsp3) is 0.421. The average molecular weight is 357 g/mol. The molecule has 1 saturated heterocycles. The molecule has 1 amide bonds. The molecule has 1 aliphatic rings. The van der Waals surface area contributed by atoms with Crippen molar-refractivity contribution in [3.05, 3.63) is 53.5 Å². The number of benzene rings is 1. The Morgan fingerprint density at radius 2 is 1.88 bits per heavy atom.